The zero-order valence-electron chi connectivity index (χ0n) is 10.6. The first-order valence-corrected chi connectivity index (χ1v) is 5.74. The molecule has 17 heavy (non-hydrogen) atoms. The molecule has 98 valence electrons. The number of hydrogen-bond donors (Lipinski definition) is 1. The highest BCUT2D eigenvalue weighted by Crippen LogP contribution is 2.05. The number of hydrogen-bond acceptors (Lipinski definition) is 5. The number of carbonyl (C=O) groups is 2. The highest BCUT2D eigenvalue weighted by atomic mass is 16.5. The van der Waals surface area contributed by atoms with E-state index in [4.69, 9.17) is 4.74 Å². The van der Waals surface area contributed by atoms with E-state index in [2.05, 4.69) is 10.1 Å². The molecule has 0 bridgehead atoms. The minimum absolute atomic E-state index is 0.0226. The van der Waals surface area contributed by atoms with Gasteiger partial charge in [-0.1, -0.05) is 0 Å². The highest BCUT2D eigenvalue weighted by molar-refractivity contribution is 5.86. The van der Waals surface area contributed by atoms with Gasteiger partial charge in [0.1, 0.15) is 12.6 Å². The highest BCUT2D eigenvalue weighted by Gasteiger charge is 2.29. The van der Waals surface area contributed by atoms with Crippen LogP contribution in [0.4, 0.5) is 0 Å². The van der Waals surface area contributed by atoms with Crippen LogP contribution in [0.5, 0.6) is 0 Å². The third kappa shape index (κ3) is 3.98. The second kappa shape index (κ2) is 6.56. The van der Waals surface area contributed by atoms with E-state index in [1.54, 1.807) is 0 Å². The molecule has 1 saturated heterocycles. The zero-order chi connectivity index (χ0) is 12.8. The molecular weight excluding hydrogens is 224 g/mol. The number of ether oxygens (including phenoxy) is 2. The van der Waals surface area contributed by atoms with Crippen molar-refractivity contribution in [3.63, 3.8) is 0 Å². The van der Waals surface area contributed by atoms with Crippen molar-refractivity contribution in [2.75, 3.05) is 33.4 Å². The summed E-state index contributed by atoms with van der Waals surface area (Å²) in [6, 6.07) is -0.416. The maximum atomic E-state index is 12.2. The number of carbonyl (C=O) groups excluding carboxylic acids is 2. The van der Waals surface area contributed by atoms with E-state index < -0.39 is 5.97 Å². The Morgan fingerprint density at radius 2 is 2.24 bits per heavy atom. The Balaban J connectivity index is 2.62. The lowest BCUT2D eigenvalue weighted by atomic mass is 10.2. The van der Waals surface area contributed by atoms with E-state index in [-0.39, 0.29) is 24.5 Å². The number of morpholine rings is 1. The van der Waals surface area contributed by atoms with Gasteiger partial charge in [0.2, 0.25) is 5.91 Å². The Bertz CT molecular complexity index is 275. The molecule has 1 N–H and O–H groups in total. The first-order chi connectivity index (χ1) is 8.06. The van der Waals surface area contributed by atoms with Crippen molar-refractivity contribution in [1.29, 1.82) is 0 Å². The average molecular weight is 244 g/mol. The van der Waals surface area contributed by atoms with Crippen molar-refractivity contribution in [3.8, 4) is 0 Å². The van der Waals surface area contributed by atoms with Gasteiger partial charge in [0.25, 0.3) is 0 Å². The second-order valence-electron chi connectivity index (χ2n) is 4.22. The molecule has 6 nitrogen and oxygen atoms in total. The summed E-state index contributed by atoms with van der Waals surface area (Å²) < 4.78 is 9.82. The van der Waals surface area contributed by atoms with Crippen LogP contribution in [0.3, 0.4) is 0 Å². The van der Waals surface area contributed by atoms with E-state index in [0.717, 1.165) is 0 Å². The standard InChI is InChI=1S/C11H20N2O4/c1-8(2)13(6-10(14)16-3)11(15)9-7-17-5-4-12-9/h8-9,12H,4-7H2,1-3H3. The molecule has 6 heteroatoms. The van der Waals surface area contributed by atoms with Crippen molar-refractivity contribution >= 4 is 11.9 Å². The van der Waals surface area contributed by atoms with Crippen LogP contribution in [0.1, 0.15) is 13.8 Å². The molecule has 0 spiro atoms. The molecule has 0 aromatic rings. The fourth-order valence-corrected chi connectivity index (χ4v) is 1.64. The minimum atomic E-state index is -0.413. The van der Waals surface area contributed by atoms with Gasteiger partial charge in [-0.2, -0.15) is 0 Å². The van der Waals surface area contributed by atoms with Gasteiger partial charge >= 0.3 is 5.97 Å². The summed E-state index contributed by atoms with van der Waals surface area (Å²) >= 11 is 0. The molecule has 0 aromatic heterocycles. The Morgan fingerprint density at radius 1 is 1.53 bits per heavy atom. The molecule has 0 saturated carbocycles. The summed E-state index contributed by atoms with van der Waals surface area (Å²) in [7, 11) is 1.31. The molecule has 0 aromatic carbocycles. The van der Waals surface area contributed by atoms with Crippen molar-refractivity contribution < 1.29 is 19.1 Å². The molecule has 0 radical (unpaired) electrons. The maximum Gasteiger partial charge on any atom is 0.325 e. The van der Waals surface area contributed by atoms with Crippen molar-refractivity contribution in [1.82, 2.24) is 10.2 Å². The van der Waals surface area contributed by atoms with Gasteiger partial charge in [0, 0.05) is 12.6 Å². The molecule has 1 fully saturated rings. The first-order valence-electron chi connectivity index (χ1n) is 5.74. The van der Waals surface area contributed by atoms with Crippen molar-refractivity contribution in [2.45, 2.75) is 25.9 Å². The van der Waals surface area contributed by atoms with Gasteiger partial charge in [0.15, 0.2) is 0 Å². The molecule has 0 aliphatic carbocycles. The fraction of sp³-hybridized carbons (Fsp3) is 0.818. The van der Waals surface area contributed by atoms with E-state index in [1.165, 1.54) is 12.0 Å². The largest absolute Gasteiger partial charge is 0.468 e. The van der Waals surface area contributed by atoms with Crippen LogP contribution in [0, 0.1) is 0 Å². The van der Waals surface area contributed by atoms with E-state index in [0.29, 0.717) is 19.8 Å². The van der Waals surface area contributed by atoms with E-state index in [9.17, 15) is 9.59 Å². The van der Waals surface area contributed by atoms with Crippen molar-refractivity contribution in [3.05, 3.63) is 0 Å². The number of amides is 1. The summed E-state index contributed by atoms with van der Waals surface area (Å²) in [5, 5.41) is 3.08. The fourth-order valence-electron chi connectivity index (χ4n) is 1.64. The molecule has 1 atom stereocenters. The van der Waals surface area contributed by atoms with Crippen LogP contribution in [0.15, 0.2) is 0 Å². The van der Waals surface area contributed by atoms with E-state index in [1.807, 2.05) is 13.8 Å². The zero-order valence-corrected chi connectivity index (χ0v) is 10.6. The molecule has 1 aliphatic heterocycles. The predicted octanol–water partition coefficient (Wildman–Crippen LogP) is -0.615. The lowest BCUT2D eigenvalue weighted by Gasteiger charge is -2.31. The van der Waals surface area contributed by atoms with Crippen LogP contribution in [-0.4, -0.2) is 62.3 Å². The van der Waals surface area contributed by atoms with Gasteiger partial charge < -0.3 is 19.7 Å². The average Bonchev–Trinajstić information content (AvgIpc) is 2.35. The predicted molar refractivity (Wildman–Crippen MR) is 61.5 cm³/mol. The van der Waals surface area contributed by atoms with Gasteiger partial charge in [0.05, 0.1) is 20.3 Å². The first kappa shape index (κ1) is 13.9. The topological polar surface area (TPSA) is 67.9 Å². The lowest BCUT2D eigenvalue weighted by Crippen LogP contribution is -2.55. The quantitative estimate of drug-likeness (QED) is 0.668. The third-order valence-electron chi connectivity index (χ3n) is 2.65. The summed E-state index contributed by atoms with van der Waals surface area (Å²) in [6.45, 7) is 5.33. The normalized spacial score (nSPS) is 20.1. The second-order valence-corrected chi connectivity index (χ2v) is 4.22. The molecule has 1 unspecified atom stereocenters. The van der Waals surface area contributed by atoms with Crippen LogP contribution in [0.25, 0.3) is 0 Å². The Labute approximate surface area is 101 Å². The van der Waals surface area contributed by atoms with Gasteiger partial charge in [-0.15, -0.1) is 0 Å². The Morgan fingerprint density at radius 3 is 2.71 bits per heavy atom. The van der Waals surface area contributed by atoms with Crippen LogP contribution < -0.4 is 5.32 Å². The molecule has 1 heterocycles. The summed E-state index contributed by atoms with van der Waals surface area (Å²) in [4.78, 5) is 24.9. The SMILES string of the molecule is COC(=O)CN(C(=O)C1COCCN1)C(C)C. The maximum absolute atomic E-state index is 12.2. The summed E-state index contributed by atoms with van der Waals surface area (Å²) in [5.41, 5.74) is 0. The third-order valence-corrected chi connectivity index (χ3v) is 2.65. The molecule has 1 amide bonds. The summed E-state index contributed by atoms with van der Waals surface area (Å²) in [6.07, 6.45) is 0. The lowest BCUT2D eigenvalue weighted by molar-refractivity contribution is -0.150. The van der Waals surface area contributed by atoms with E-state index >= 15 is 0 Å². The number of nitrogens with zero attached hydrogens (tertiary/aromatic N) is 1. The number of rotatable bonds is 4. The number of methoxy groups -OCH3 is 1. The minimum Gasteiger partial charge on any atom is -0.468 e. The van der Waals surface area contributed by atoms with Gasteiger partial charge in [-0.25, -0.2) is 0 Å². The molecule has 1 rings (SSSR count). The molecule has 1 aliphatic rings. The summed E-state index contributed by atoms with van der Waals surface area (Å²) in [5.74, 6) is -0.533. The smallest absolute Gasteiger partial charge is 0.325 e. The monoisotopic (exact) mass is 244 g/mol. The number of esters is 1. The van der Waals surface area contributed by atoms with Gasteiger partial charge in [-0.05, 0) is 13.8 Å². The van der Waals surface area contributed by atoms with Gasteiger partial charge in [-0.3, -0.25) is 9.59 Å². The van der Waals surface area contributed by atoms with Crippen LogP contribution in [0.2, 0.25) is 0 Å². The Kier molecular flexibility index (Phi) is 5.37. The van der Waals surface area contributed by atoms with Crippen molar-refractivity contribution in [2.24, 2.45) is 0 Å². The Hall–Kier alpha value is -1.14. The number of nitrogens with one attached hydrogen (secondary N) is 1. The molecular formula is C11H20N2O4. The van der Waals surface area contributed by atoms with Crippen LogP contribution in [-0.2, 0) is 19.1 Å². The van der Waals surface area contributed by atoms with Crippen LogP contribution >= 0.6 is 0 Å².